The van der Waals surface area contributed by atoms with E-state index in [-0.39, 0.29) is 12.6 Å². The van der Waals surface area contributed by atoms with Crippen LogP contribution in [0.25, 0.3) is 11.2 Å². The zero-order valence-electron chi connectivity index (χ0n) is 13.0. The minimum Gasteiger partial charge on any atom is -0.368 e. The van der Waals surface area contributed by atoms with Crippen LogP contribution in [0.1, 0.15) is 0 Å². The molecule has 0 atom stereocenters. The maximum absolute atomic E-state index is 10.8. The Hall–Kier alpha value is -1.97. The molecule has 0 bridgehead atoms. The van der Waals surface area contributed by atoms with Crippen LogP contribution in [0, 0.1) is 0 Å². The van der Waals surface area contributed by atoms with E-state index in [0.717, 1.165) is 4.90 Å². The van der Waals surface area contributed by atoms with Crippen LogP contribution in [0.5, 0.6) is 0 Å². The largest absolute Gasteiger partial charge is 0.368 e. The van der Waals surface area contributed by atoms with Crippen molar-refractivity contribution in [3.8, 4) is 0 Å². The van der Waals surface area contributed by atoms with E-state index in [1.165, 1.54) is 11.8 Å². The van der Waals surface area contributed by atoms with Gasteiger partial charge in [-0.3, -0.25) is 4.57 Å². The van der Waals surface area contributed by atoms with Crippen molar-refractivity contribution in [2.24, 2.45) is 0 Å². The number of nitrogens with two attached hydrogens (primary N) is 1. The maximum atomic E-state index is 10.8. The molecule has 0 saturated heterocycles. The SMILES string of the molecule is Nc1nc(Sc2ccccc2)c2ncn(CCOCP(=O)(O)O)c2n1. The molecule has 0 radical (unpaired) electrons. The highest BCUT2D eigenvalue weighted by molar-refractivity contribution is 7.99. The summed E-state index contributed by atoms with van der Waals surface area (Å²) in [7, 11) is -4.17. The molecule has 0 saturated carbocycles. The molecule has 1 aromatic carbocycles. The highest BCUT2D eigenvalue weighted by Crippen LogP contribution is 2.34. The Balaban J connectivity index is 1.79. The van der Waals surface area contributed by atoms with Crippen molar-refractivity contribution in [3.05, 3.63) is 36.7 Å². The minimum atomic E-state index is -4.17. The molecule has 0 aliphatic carbocycles. The first-order chi connectivity index (χ1) is 11.9. The predicted octanol–water partition coefficient (Wildman–Crippen LogP) is 1.71. The molecule has 9 nitrogen and oxygen atoms in total. The predicted molar refractivity (Wildman–Crippen MR) is 93.2 cm³/mol. The average Bonchev–Trinajstić information content (AvgIpc) is 2.95. The molecular formula is C14H16N5O4PS. The summed E-state index contributed by atoms with van der Waals surface area (Å²) in [5.41, 5.74) is 6.96. The van der Waals surface area contributed by atoms with Gasteiger partial charge in [-0.15, -0.1) is 0 Å². The van der Waals surface area contributed by atoms with Crippen LogP contribution in [0.2, 0.25) is 0 Å². The number of nitrogens with zero attached hydrogens (tertiary/aromatic N) is 4. The summed E-state index contributed by atoms with van der Waals surface area (Å²) < 4.78 is 17.5. The number of hydrogen-bond acceptors (Lipinski definition) is 7. The molecule has 3 aromatic rings. The lowest BCUT2D eigenvalue weighted by Crippen LogP contribution is -2.07. The van der Waals surface area contributed by atoms with E-state index < -0.39 is 13.9 Å². The van der Waals surface area contributed by atoms with Gasteiger partial charge in [-0.05, 0) is 12.1 Å². The number of rotatable bonds is 7. The molecule has 0 spiro atoms. The van der Waals surface area contributed by atoms with Crippen LogP contribution >= 0.6 is 19.4 Å². The van der Waals surface area contributed by atoms with Crippen molar-refractivity contribution >= 4 is 36.5 Å². The van der Waals surface area contributed by atoms with E-state index in [1.54, 1.807) is 10.9 Å². The van der Waals surface area contributed by atoms with Gasteiger partial charge in [0.1, 0.15) is 16.9 Å². The second kappa shape index (κ2) is 7.51. The van der Waals surface area contributed by atoms with Crippen molar-refractivity contribution in [3.63, 3.8) is 0 Å². The molecule has 0 amide bonds. The molecule has 4 N–H and O–H groups in total. The fraction of sp³-hybridized carbons (Fsp3) is 0.214. The fourth-order valence-electron chi connectivity index (χ4n) is 2.12. The standard InChI is InChI=1S/C14H16N5O4PS/c15-14-17-12-11(13(18-14)25-10-4-2-1-3-5-10)16-8-19(12)6-7-23-9-24(20,21)22/h1-5,8H,6-7,9H2,(H2,15,17,18)(H2,20,21,22). The Kier molecular flexibility index (Phi) is 5.36. The van der Waals surface area contributed by atoms with Crippen molar-refractivity contribution in [1.29, 1.82) is 0 Å². The van der Waals surface area contributed by atoms with Gasteiger partial charge in [-0.1, -0.05) is 30.0 Å². The minimum absolute atomic E-state index is 0.113. The Morgan fingerprint density at radius 1 is 1.24 bits per heavy atom. The van der Waals surface area contributed by atoms with Gasteiger partial charge in [0.2, 0.25) is 5.95 Å². The van der Waals surface area contributed by atoms with Gasteiger partial charge in [0.15, 0.2) is 5.65 Å². The smallest absolute Gasteiger partial charge is 0.350 e. The molecular weight excluding hydrogens is 365 g/mol. The van der Waals surface area contributed by atoms with Crippen LogP contribution in [0.3, 0.4) is 0 Å². The maximum Gasteiger partial charge on any atom is 0.350 e. The second-order valence-electron chi connectivity index (χ2n) is 5.11. The number of fused-ring (bicyclic) bond motifs is 1. The fourth-order valence-corrected chi connectivity index (χ4v) is 3.38. The van der Waals surface area contributed by atoms with Crippen LogP contribution in [0.15, 0.2) is 46.6 Å². The summed E-state index contributed by atoms with van der Waals surface area (Å²) in [6.07, 6.45) is 0.959. The number of hydrogen-bond donors (Lipinski definition) is 3. The van der Waals surface area contributed by atoms with Gasteiger partial charge >= 0.3 is 7.60 Å². The molecule has 0 aliphatic heterocycles. The zero-order chi connectivity index (χ0) is 17.9. The number of imidazole rings is 1. The van der Waals surface area contributed by atoms with E-state index in [1.807, 2.05) is 30.3 Å². The van der Waals surface area contributed by atoms with Crippen LogP contribution < -0.4 is 5.73 Å². The van der Waals surface area contributed by atoms with Crippen molar-refractivity contribution in [1.82, 2.24) is 19.5 Å². The van der Waals surface area contributed by atoms with Gasteiger partial charge in [-0.2, -0.15) is 4.98 Å². The number of aromatic nitrogens is 4. The van der Waals surface area contributed by atoms with Gasteiger partial charge < -0.3 is 24.8 Å². The molecule has 2 aromatic heterocycles. The number of benzene rings is 1. The van der Waals surface area contributed by atoms with E-state index in [9.17, 15) is 4.57 Å². The monoisotopic (exact) mass is 381 g/mol. The van der Waals surface area contributed by atoms with Gasteiger partial charge in [-0.25, -0.2) is 9.97 Å². The van der Waals surface area contributed by atoms with Crippen molar-refractivity contribution in [2.45, 2.75) is 16.5 Å². The van der Waals surface area contributed by atoms with Gasteiger partial charge in [0.25, 0.3) is 0 Å². The summed E-state index contributed by atoms with van der Waals surface area (Å²) in [5.74, 6) is 0.129. The highest BCUT2D eigenvalue weighted by atomic mass is 32.2. The molecule has 3 rings (SSSR count). The van der Waals surface area contributed by atoms with Crippen LogP contribution in [0.4, 0.5) is 5.95 Å². The number of ether oxygens (including phenoxy) is 1. The van der Waals surface area contributed by atoms with Crippen molar-refractivity contribution < 1.29 is 19.1 Å². The van der Waals surface area contributed by atoms with Gasteiger partial charge in [0.05, 0.1) is 12.9 Å². The average molecular weight is 381 g/mol. The van der Waals surface area contributed by atoms with Crippen molar-refractivity contribution in [2.75, 3.05) is 18.7 Å². The van der Waals surface area contributed by atoms with E-state index in [2.05, 4.69) is 15.0 Å². The second-order valence-corrected chi connectivity index (χ2v) is 7.76. The van der Waals surface area contributed by atoms with E-state index >= 15 is 0 Å². The van der Waals surface area contributed by atoms with Crippen LogP contribution in [-0.2, 0) is 15.8 Å². The van der Waals surface area contributed by atoms with Crippen LogP contribution in [-0.4, -0.2) is 42.3 Å². The first kappa shape index (κ1) is 17.8. The quantitative estimate of drug-likeness (QED) is 0.317. The normalized spacial score (nSPS) is 11.9. The lowest BCUT2D eigenvalue weighted by atomic mass is 10.4. The molecule has 0 unspecified atom stereocenters. The van der Waals surface area contributed by atoms with Gasteiger partial charge in [0, 0.05) is 11.4 Å². The molecule has 11 heteroatoms. The Labute approximate surface area is 147 Å². The zero-order valence-corrected chi connectivity index (χ0v) is 14.7. The third kappa shape index (κ3) is 4.77. The lowest BCUT2D eigenvalue weighted by molar-refractivity contribution is 0.149. The molecule has 0 fully saturated rings. The Morgan fingerprint density at radius 3 is 2.72 bits per heavy atom. The topological polar surface area (TPSA) is 136 Å². The molecule has 132 valence electrons. The number of anilines is 1. The third-order valence-electron chi connectivity index (χ3n) is 3.14. The van der Waals surface area contributed by atoms with E-state index in [4.69, 9.17) is 20.3 Å². The Bertz CT molecular complexity index is 914. The summed E-state index contributed by atoms with van der Waals surface area (Å²) in [5, 5.41) is 0.642. The first-order valence-corrected chi connectivity index (χ1v) is 9.87. The van der Waals surface area contributed by atoms with E-state index in [0.29, 0.717) is 22.7 Å². The summed E-state index contributed by atoms with van der Waals surface area (Å²) in [6.45, 7) is 0.448. The molecule has 0 aliphatic rings. The molecule has 2 heterocycles. The summed E-state index contributed by atoms with van der Waals surface area (Å²) in [4.78, 5) is 31.4. The third-order valence-corrected chi connectivity index (χ3v) is 4.65. The summed E-state index contributed by atoms with van der Waals surface area (Å²) >= 11 is 1.44. The number of nitrogen functional groups attached to an aromatic ring is 1. The Morgan fingerprint density at radius 2 is 2.00 bits per heavy atom. The summed E-state index contributed by atoms with van der Waals surface area (Å²) in [6, 6.07) is 9.71. The highest BCUT2D eigenvalue weighted by Gasteiger charge is 2.15. The first-order valence-electron chi connectivity index (χ1n) is 7.26. The molecule has 25 heavy (non-hydrogen) atoms. The lowest BCUT2D eigenvalue weighted by Gasteiger charge is -2.07.